The predicted molar refractivity (Wildman–Crippen MR) is 68.0 cm³/mol. The maximum Gasteiger partial charge on any atom is 0.0311 e. The first kappa shape index (κ1) is 12.1. The maximum absolute atomic E-state index is 3.55. The van der Waals surface area contributed by atoms with Crippen molar-refractivity contribution in [1.82, 2.24) is 5.32 Å². The SMILES string of the molecule is CNCC(C)CSc1ccccc1Br. The van der Waals surface area contributed by atoms with E-state index in [0.717, 1.165) is 12.3 Å². The van der Waals surface area contributed by atoms with Crippen LogP contribution in [-0.2, 0) is 0 Å². The van der Waals surface area contributed by atoms with Crippen LogP contribution in [0.25, 0.3) is 0 Å². The van der Waals surface area contributed by atoms with E-state index in [4.69, 9.17) is 0 Å². The first-order valence-corrected chi connectivity index (χ1v) is 6.54. The van der Waals surface area contributed by atoms with Gasteiger partial charge in [0.25, 0.3) is 0 Å². The van der Waals surface area contributed by atoms with E-state index >= 15 is 0 Å². The Morgan fingerprint density at radius 2 is 2.14 bits per heavy atom. The van der Waals surface area contributed by atoms with Crippen molar-refractivity contribution in [3.63, 3.8) is 0 Å². The Hall–Kier alpha value is 0.01000. The molecule has 0 heterocycles. The molecule has 0 aliphatic carbocycles. The summed E-state index contributed by atoms with van der Waals surface area (Å²) in [4.78, 5) is 1.33. The second-order valence-electron chi connectivity index (χ2n) is 3.40. The van der Waals surface area contributed by atoms with Gasteiger partial charge in [-0.25, -0.2) is 0 Å². The van der Waals surface area contributed by atoms with Gasteiger partial charge in [0.05, 0.1) is 0 Å². The van der Waals surface area contributed by atoms with Crippen molar-refractivity contribution in [2.24, 2.45) is 5.92 Å². The zero-order valence-electron chi connectivity index (χ0n) is 8.59. The largest absolute Gasteiger partial charge is 0.319 e. The summed E-state index contributed by atoms with van der Waals surface area (Å²) in [5.74, 6) is 1.86. The van der Waals surface area contributed by atoms with Crippen molar-refractivity contribution in [2.75, 3.05) is 19.3 Å². The summed E-state index contributed by atoms with van der Waals surface area (Å²) in [6.45, 7) is 3.35. The number of benzene rings is 1. The summed E-state index contributed by atoms with van der Waals surface area (Å²) < 4.78 is 1.20. The van der Waals surface area contributed by atoms with Gasteiger partial charge < -0.3 is 5.32 Å². The van der Waals surface area contributed by atoms with Gasteiger partial charge in [-0.2, -0.15) is 0 Å². The van der Waals surface area contributed by atoms with Crippen LogP contribution >= 0.6 is 27.7 Å². The van der Waals surface area contributed by atoms with Gasteiger partial charge in [-0.3, -0.25) is 0 Å². The van der Waals surface area contributed by atoms with E-state index in [1.165, 1.54) is 9.37 Å². The minimum Gasteiger partial charge on any atom is -0.319 e. The van der Waals surface area contributed by atoms with Crippen LogP contribution in [0.1, 0.15) is 6.92 Å². The van der Waals surface area contributed by atoms with Crippen LogP contribution in [-0.4, -0.2) is 19.3 Å². The number of halogens is 1. The van der Waals surface area contributed by atoms with Crippen molar-refractivity contribution < 1.29 is 0 Å². The fourth-order valence-corrected chi connectivity index (χ4v) is 2.79. The molecule has 1 rings (SSSR count). The molecule has 1 atom stereocenters. The summed E-state index contributed by atoms with van der Waals surface area (Å²) >= 11 is 5.46. The number of hydrogen-bond donors (Lipinski definition) is 1. The lowest BCUT2D eigenvalue weighted by Crippen LogP contribution is -2.17. The smallest absolute Gasteiger partial charge is 0.0311 e. The number of nitrogens with one attached hydrogen (secondary N) is 1. The molecule has 0 spiro atoms. The molecule has 14 heavy (non-hydrogen) atoms. The van der Waals surface area contributed by atoms with Gasteiger partial charge in [0.15, 0.2) is 0 Å². The Morgan fingerprint density at radius 3 is 2.79 bits per heavy atom. The lowest BCUT2D eigenvalue weighted by atomic mass is 10.2. The molecule has 1 aromatic rings. The molecular weight excluding hydrogens is 258 g/mol. The topological polar surface area (TPSA) is 12.0 Å². The van der Waals surface area contributed by atoms with Crippen LogP contribution < -0.4 is 5.32 Å². The molecule has 1 unspecified atom stereocenters. The normalized spacial score (nSPS) is 12.8. The quantitative estimate of drug-likeness (QED) is 0.826. The van der Waals surface area contributed by atoms with Crippen LogP contribution in [0, 0.1) is 5.92 Å². The highest BCUT2D eigenvalue weighted by molar-refractivity contribution is 9.10. The molecule has 3 heteroatoms. The van der Waals surface area contributed by atoms with E-state index in [1.54, 1.807) is 0 Å². The minimum atomic E-state index is 0.706. The second-order valence-corrected chi connectivity index (χ2v) is 5.32. The highest BCUT2D eigenvalue weighted by atomic mass is 79.9. The highest BCUT2D eigenvalue weighted by Gasteiger charge is 2.03. The van der Waals surface area contributed by atoms with Crippen LogP contribution in [0.4, 0.5) is 0 Å². The molecule has 1 aromatic carbocycles. The van der Waals surface area contributed by atoms with E-state index in [-0.39, 0.29) is 0 Å². The fraction of sp³-hybridized carbons (Fsp3) is 0.455. The van der Waals surface area contributed by atoms with E-state index < -0.39 is 0 Å². The van der Waals surface area contributed by atoms with Crippen molar-refractivity contribution in [3.8, 4) is 0 Å². The molecule has 0 aliphatic heterocycles. The van der Waals surface area contributed by atoms with Gasteiger partial charge in [-0.05, 0) is 47.6 Å². The van der Waals surface area contributed by atoms with Crippen LogP contribution in [0.15, 0.2) is 33.6 Å². The molecule has 0 radical (unpaired) electrons. The Morgan fingerprint density at radius 1 is 1.43 bits per heavy atom. The molecular formula is C11H16BrNS. The standard InChI is InChI=1S/C11H16BrNS/c1-9(7-13-2)8-14-11-6-4-3-5-10(11)12/h3-6,9,13H,7-8H2,1-2H3. The lowest BCUT2D eigenvalue weighted by Gasteiger charge is -2.10. The van der Waals surface area contributed by atoms with Crippen LogP contribution in [0.5, 0.6) is 0 Å². The molecule has 0 saturated carbocycles. The van der Waals surface area contributed by atoms with Crippen molar-refractivity contribution >= 4 is 27.7 Å². The molecule has 0 bridgehead atoms. The fourth-order valence-electron chi connectivity index (χ4n) is 1.20. The maximum atomic E-state index is 3.55. The lowest BCUT2D eigenvalue weighted by molar-refractivity contribution is 0.603. The minimum absolute atomic E-state index is 0.706. The van der Waals surface area contributed by atoms with Crippen LogP contribution in [0.3, 0.4) is 0 Å². The predicted octanol–water partition coefficient (Wildman–Crippen LogP) is 3.40. The summed E-state index contributed by atoms with van der Waals surface area (Å²) in [6, 6.07) is 8.37. The first-order chi connectivity index (χ1) is 6.74. The summed E-state index contributed by atoms with van der Waals surface area (Å²) in [6.07, 6.45) is 0. The van der Waals surface area contributed by atoms with E-state index in [9.17, 15) is 0 Å². The number of hydrogen-bond acceptors (Lipinski definition) is 2. The van der Waals surface area contributed by atoms with E-state index in [0.29, 0.717) is 5.92 Å². The average Bonchev–Trinajstić information content (AvgIpc) is 2.17. The Balaban J connectivity index is 2.41. The van der Waals surface area contributed by atoms with Crippen molar-refractivity contribution in [2.45, 2.75) is 11.8 Å². The molecule has 78 valence electrons. The van der Waals surface area contributed by atoms with Gasteiger partial charge in [-0.1, -0.05) is 19.1 Å². The third-order valence-electron chi connectivity index (χ3n) is 1.91. The second kappa shape index (κ2) is 6.49. The average molecular weight is 274 g/mol. The van der Waals surface area contributed by atoms with Crippen molar-refractivity contribution in [3.05, 3.63) is 28.7 Å². The first-order valence-electron chi connectivity index (χ1n) is 4.76. The number of thioether (sulfide) groups is 1. The molecule has 0 aliphatic rings. The summed E-state index contributed by atoms with van der Waals surface area (Å²) in [7, 11) is 2.00. The third kappa shape index (κ3) is 4.03. The van der Waals surface area contributed by atoms with Crippen molar-refractivity contribution in [1.29, 1.82) is 0 Å². The molecule has 0 aromatic heterocycles. The van der Waals surface area contributed by atoms with Gasteiger partial charge in [-0.15, -0.1) is 11.8 Å². The van der Waals surface area contributed by atoms with E-state index in [2.05, 4.69) is 46.4 Å². The molecule has 0 amide bonds. The van der Waals surface area contributed by atoms with E-state index in [1.807, 2.05) is 24.9 Å². The molecule has 0 fully saturated rings. The van der Waals surface area contributed by atoms with Gasteiger partial charge in [0, 0.05) is 15.1 Å². The third-order valence-corrected chi connectivity index (χ3v) is 4.27. The summed E-state index contributed by atoms with van der Waals surface area (Å²) in [5.41, 5.74) is 0. The van der Waals surface area contributed by atoms with Gasteiger partial charge in [0.2, 0.25) is 0 Å². The molecule has 1 N–H and O–H groups in total. The Kier molecular flexibility index (Phi) is 5.60. The number of rotatable bonds is 5. The zero-order valence-corrected chi connectivity index (χ0v) is 11.0. The molecule has 1 nitrogen and oxygen atoms in total. The van der Waals surface area contributed by atoms with Crippen LogP contribution in [0.2, 0.25) is 0 Å². The monoisotopic (exact) mass is 273 g/mol. The highest BCUT2D eigenvalue weighted by Crippen LogP contribution is 2.28. The molecule has 0 saturated heterocycles. The Bertz CT molecular complexity index is 278. The van der Waals surface area contributed by atoms with Gasteiger partial charge in [0.1, 0.15) is 0 Å². The Labute approximate surface area is 98.8 Å². The zero-order chi connectivity index (χ0) is 10.4. The summed E-state index contributed by atoms with van der Waals surface area (Å²) in [5, 5.41) is 3.19. The van der Waals surface area contributed by atoms with Gasteiger partial charge >= 0.3 is 0 Å².